The highest BCUT2D eigenvalue weighted by Crippen LogP contribution is 2.07. The highest BCUT2D eigenvalue weighted by Gasteiger charge is 2.07. The molecule has 3 N–H and O–H groups in total. The lowest BCUT2D eigenvalue weighted by Crippen LogP contribution is -2.43. The summed E-state index contributed by atoms with van der Waals surface area (Å²) in [5, 5.41) is 7.54. The maximum atomic E-state index is 12.6. The molecule has 0 aliphatic carbocycles. The number of benzene rings is 1. The van der Waals surface area contributed by atoms with Crippen LogP contribution in [0.3, 0.4) is 0 Å². The Balaban J connectivity index is 2.27. The Morgan fingerprint density at radius 1 is 1.21 bits per heavy atom. The zero-order valence-corrected chi connectivity index (χ0v) is 11.0. The summed E-state index contributed by atoms with van der Waals surface area (Å²) in [6.45, 7) is 4.36. The average molecular weight is 267 g/mol. The molecule has 1 aromatic rings. The van der Waals surface area contributed by atoms with Crippen LogP contribution in [-0.2, 0) is 4.79 Å². The van der Waals surface area contributed by atoms with Gasteiger partial charge in [-0.15, -0.1) is 0 Å². The normalized spacial score (nSPS) is 10.1. The van der Waals surface area contributed by atoms with Gasteiger partial charge >= 0.3 is 6.03 Å². The van der Waals surface area contributed by atoms with E-state index in [2.05, 4.69) is 16.0 Å². The predicted octanol–water partition coefficient (Wildman–Crippen LogP) is 1.72. The van der Waals surface area contributed by atoms with Gasteiger partial charge in [-0.25, -0.2) is 9.18 Å². The van der Waals surface area contributed by atoms with Gasteiger partial charge in [0.15, 0.2) is 0 Å². The van der Waals surface area contributed by atoms with Crippen LogP contribution < -0.4 is 16.0 Å². The molecule has 0 fully saturated rings. The molecule has 0 atom stereocenters. The van der Waals surface area contributed by atoms with E-state index < -0.39 is 11.9 Å². The molecule has 104 valence electrons. The molecule has 1 aromatic carbocycles. The minimum Gasteiger partial charge on any atom is -0.376 e. The van der Waals surface area contributed by atoms with Gasteiger partial charge in [0.25, 0.3) is 0 Å². The second-order valence-corrected chi connectivity index (χ2v) is 4.51. The van der Waals surface area contributed by atoms with Gasteiger partial charge < -0.3 is 10.6 Å². The van der Waals surface area contributed by atoms with E-state index in [9.17, 15) is 14.0 Å². The Labute approximate surface area is 111 Å². The summed E-state index contributed by atoms with van der Waals surface area (Å²) in [6.07, 6.45) is 0. The summed E-state index contributed by atoms with van der Waals surface area (Å²) in [5.74, 6) is -0.480. The minimum atomic E-state index is -0.514. The number of hydrogen-bond acceptors (Lipinski definition) is 3. The molecule has 1 rings (SSSR count). The number of anilines is 1. The number of urea groups is 1. The summed E-state index contributed by atoms with van der Waals surface area (Å²) in [4.78, 5) is 22.7. The topological polar surface area (TPSA) is 70.2 Å². The molecule has 6 heteroatoms. The minimum absolute atomic E-state index is 0.0548. The Morgan fingerprint density at radius 2 is 1.84 bits per heavy atom. The van der Waals surface area contributed by atoms with Gasteiger partial charge in [-0.1, -0.05) is 13.8 Å². The number of rotatable bonds is 5. The van der Waals surface area contributed by atoms with Crippen molar-refractivity contribution in [2.24, 2.45) is 5.92 Å². The van der Waals surface area contributed by atoms with Crippen molar-refractivity contribution in [3.63, 3.8) is 0 Å². The quantitative estimate of drug-likeness (QED) is 0.760. The third kappa shape index (κ3) is 6.40. The number of halogens is 1. The smallest absolute Gasteiger partial charge is 0.321 e. The number of carbonyl (C=O) groups is 2. The summed E-state index contributed by atoms with van der Waals surface area (Å²) >= 11 is 0. The molecule has 0 aliphatic rings. The first-order valence-electron chi connectivity index (χ1n) is 6.04. The summed E-state index contributed by atoms with van der Waals surface area (Å²) < 4.78 is 12.6. The molecular weight excluding hydrogens is 249 g/mol. The number of hydrogen-bond donors (Lipinski definition) is 3. The number of amides is 3. The lowest BCUT2D eigenvalue weighted by Gasteiger charge is -2.09. The zero-order chi connectivity index (χ0) is 14.3. The molecule has 0 aliphatic heterocycles. The molecule has 0 aromatic heterocycles. The van der Waals surface area contributed by atoms with Crippen molar-refractivity contribution < 1.29 is 14.0 Å². The van der Waals surface area contributed by atoms with E-state index in [-0.39, 0.29) is 12.4 Å². The van der Waals surface area contributed by atoms with Crippen LogP contribution in [0.1, 0.15) is 13.8 Å². The third-order valence-corrected chi connectivity index (χ3v) is 2.22. The van der Waals surface area contributed by atoms with E-state index in [0.717, 1.165) is 0 Å². The highest BCUT2D eigenvalue weighted by atomic mass is 19.1. The molecule has 0 spiro atoms. The van der Waals surface area contributed by atoms with Crippen LogP contribution in [-0.4, -0.2) is 25.0 Å². The number of nitrogens with one attached hydrogen (secondary N) is 3. The van der Waals surface area contributed by atoms with Crippen LogP contribution in [0.2, 0.25) is 0 Å². The molecule has 0 saturated carbocycles. The first kappa shape index (κ1) is 14.9. The highest BCUT2D eigenvalue weighted by molar-refractivity contribution is 5.96. The van der Waals surface area contributed by atoms with Crippen LogP contribution in [0.5, 0.6) is 0 Å². The van der Waals surface area contributed by atoms with Crippen molar-refractivity contribution in [1.29, 1.82) is 0 Å². The molecule has 0 heterocycles. The Hall–Kier alpha value is -2.11. The van der Waals surface area contributed by atoms with Gasteiger partial charge in [0.1, 0.15) is 5.82 Å². The van der Waals surface area contributed by atoms with Crippen molar-refractivity contribution in [2.45, 2.75) is 13.8 Å². The predicted molar refractivity (Wildman–Crippen MR) is 71.3 cm³/mol. The van der Waals surface area contributed by atoms with Crippen LogP contribution >= 0.6 is 0 Å². The van der Waals surface area contributed by atoms with E-state index in [4.69, 9.17) is 0 Å². The summed E-state index contributed by atoms with van der Waals surface area (Å²) in [6, 6.07) is 5.09. The summed E-state index contributed by atoms with van der Waals surface area (Å²) in [5.41, 5.74) is 0.610. The largest absolute Gasteiger partial charge is 0.376 e. The molecule has 0 unspecified atom stereocenters. The maximum absolute atomic E-state index is 12.6. The fraction of sp³-hybridized carbons (Fsp3) is 0.385. The van der Waals surface area contributed by atoms with E-state index in [1.54, 1.807) is 0 Å². The maximum Gasteiger partial charge on any atom is 0.321 e. The third-order valence-electron chi connectivity index (χ3n) is 2.22. The first-order valence-corrected chi connectivity index (χ1v) is 6.04. The fourth-order valence-electron chi connectivity index (χ4n) is 1.26. The molecular formula is C13H18FN3O2. The zero-order valence-electron chi connectivity index (χ0n) is 11.0. The Kier molecular flexibility index (Phi) is 5.78. The molecule has 0 saturated heterocycles. The van der Waals surface area contributed by atoms with E-state index in [1.165, 1.54) is 24.3 Å². The van der Waals surface area contributed by atoms with E-state index >= 15 is 0 Å². The van der Waals surface area contributed by atoms with Gasteiger partial charge in [-0.2, -0.15) is 0 Å². The number of carbonyl (C=O) groups excluding carboxylic acids is 2. The molecule has 3 amide bonds. The van der Waals surface area contributed by atoms with Crippen LogP contribution in [0, 0.1) is 11.7 Å². The van der Waals surface area contributed by atoms with Crippen molar-refractivity contribution in [3.05, 3.63) is 30.1 Å². The van der Waals surface area contributed by atoms with Gasteiger partial charge in [0.05, 0.1) is 6.54 Å². The molecule has 0 bridgehead atoms. The molecule has 19 heavy (non-hydrogen) atoms. The second kappa shape index (κ2) is 7.35. The Bertz CT molecular complexity index is 432. The lowest BCUT2D eigenvalue weighted by molar-refractivity contribution is -0.118. The van der Waals surface area contributed by atoms with Gasteiger partial charge in [-0.05, 0) is 30.2 Å². The molecule has 5 nitrogen and oxygen atoms in total. The van der Waals surface area contributed by atoms with E-state index in [0.29, 0.717) is 18.2 Å². The average Bonchev–Trinajstić information content (AvgIpc) is 2.36. The van der Waals surface area contributed by atoms with Crippen molar-refractivity contribution in [1.82, 2.24) is 10.6 Å². The monoisotopic (exact) mass is 267 g/mol. The summed E-state index contributed by atoms with van der Waals surface area (Å²) in [7, 11) is 0. The van der Waals surface area contributed by atoms with Gasteiger partial charge in [0.2, 0.25) is 5.91 Å². The van der Waals surface area contributed by atoms with Crippen LogP contribution in [0.25, 0.3) is 0 Å². The van der Waals surface area contributed by atoms with Gasteiger partial charge in [0, 0.05) is 12.2 Å². The van der Waals surface area contributed by atoms with Gasteiger partial charge in [-0.3, -0.25) is 10.1 Å². The lowest BCUT2D eigenvalue weighted by atomic mass is 10.2. The molecule has 0 radical (unpaired) electrons. The van der Waals surface area contributed by atoms with E-state index in [1.807, 2.05) is 13.8 Å². The van der Waals surface area contributed by atoms with Crippen molar-refractivity contribution >= 4 is 17.6 Å². The Morgan fingerprint density at radius 3 is 2.42 bits per heavy atom. The first-order chi connectivity index (χ1) is 8.97. The standard InChI is InChI=1S/C13H18FN3O2/c1-9(2)7-16-13(19)17-12(18)8-15-11-5-3-10(14)4-6-11/h3-6,9,15H,7-8H2,1-2H3,(H2,16,17,18,19). The second-order valence-electron chi connectivity index (χ2n) is 4.51. The fourth-order valence-corrected chi connectivity index (χ4v) is 1.26. The van der Waals surface area contributed by atoms with Crippen LogP contribution in [0.15, 0.2) is 24.3 Å². The number of imide groups is 1. The van der Waals surface area contributed by atoms with Crippen LogP contribution in [0.4, 0.5) is 14.9 Å². The van der Waals surface area contributed by atoms with Crippen molar-refractivity contribution in [3.8, 4) is 0 Å². The van der Waals surface area contributed by atoms with Crippen molar-refractivity contribution in [2.75, 3.05) is 18.4 Å². The SMILES string of the molecule is CC(C)CNC(=O)NC(=O)CNc1ccc(F)cc1.